The van der Waals surface area contributed by atoms with Gasteiger partial charge in [0.05, 0.1) is 0 Å². The molecule has 0 aliphatic rings. The summed E-state index contributed by atoms with van der Waals surface area (Å²) < 4.78 is 0. The molecule has 0 aromatic rings. The minimum absolute atomic E-state index is 1.64. The smallest absolute Gasteiger partial charge is 0.0471 e. The highest BCUT2D eigenvalue weighted by molar-refractivity contribution is 5.70. The summed E-state index contributed by atoms with van der Waals surface area (Å²) in [4.78, 5) is 0. The van der Waals surface area contributed by atoms with E-state index in [1.807, 2.05) is 26.1 Å². The zero-order valence-electron chi connectivity index (χ0n) is 5.91. The maximum Gasteiger partial charge on any atom is 0.0471 e. The number of rotatable bonds is 3. The van der Waals surface area contributed by atoms with E-state index in [-0.39, 0.29) is 0 Å². The van der Waals surface area contributed by atoms with Crippen molar-refractivity contribution in [3.05, 3.63) is 24.9 Å². The molecule has 0 aromatic carbocycles. The van der Waals surface area contributed by atoms with Crippen molar-refractivity contribution in [3.63, 3.8) is 0 Å². The fraction of sp³-hybridized carbons (Fsp3) is 0.286. The van der Waals surface area contributed by atoms with Crippen molar-refractivity contribution < 1.29 is 0 Å². The summed E-state index contributed by atoms with van der Waals surface area (Å²) >= 11 is 0. The van der Waals surface area contributed by atoms with Gasteiger partial charge in [0.25, 0.3) is 0 Å². The molecule has 0 bridgehead atoms. The Labute approximate surface area is 56.2 Å². The van der Waals surface area contributed by atoms with Crippen molar-refractivity contribution in [1.29, 1.82) is 0 Å². The lowest BCUT2D eigenvalue weighted by Crippen LogP contribution is -1.98. The molecule has 0 aromatic heterocycles. The zero-order valence-corrected chi connectivity index (χ0v) is 5.91. The minimum Gasteiger partial charge on any atom is -0.276 e. The Bertz CT molecular complexity index is 125. The van der Waals surface area contributed by atoms with Crippen LogP contribution in [0.15, 0.2) is 30.0 Å². The van der Waals surface area contributed by atoms with Crippen molar-refractivity contribution >= 4 is 6.21 Å². The first-order valence-corrected chi connectivity index (χ1v) is 2.82. The summed E-state index contributed by atoms with van der Waals surface area (Å²) in [5, 5.41) is 5.57. The SMILES string of the molecule is C=CN(C)/N=C\C=C\C. The fourth-order valence-corrected chi connectivity index (χ4v) is 0.277. The molecule has 0 spiro atoms. The van der Waals surface area contributed by atoms with Crippen LogP contribution in [0, 0.1) is 0 Å². The summed E-state index contributed by atoms with van der Waals surface area (Å²) in [6, 6.07) is 0. The lowest BCUT2D eigenvalue weighted by Gasteiger charge is -2.01. The molecule has 0 rings (SSSR count). The van der Waals surface area contributed by atoms with Gasteiger partial charge in [-0.3, -0.25) is 5.01 Å². The van der Waals surface area contributed by atoms with E-state index in [9.17, 15) is 0 Å². The first kappa shape index (κ1) is 7.95. The second kappa shape index (κ2) is 5.09. The topological polar surface area (TPSA) is 15.6 Å². The molecule has 0 fully saturated rings. The van der Waals surface area contributed by atoms with E-state index < -0.39 is 0 Å². The molecule has 2 heteroatoms. The molecule has 0 N–H and O–H groups in total. The molecule has 0 aliphatic carbocycles. The summed E-state index contributed by atoms with van der Waals surface area (Å²) in [7, 11) is 1.83. The van der Waals surface area contributed by atoms with Crippen molar-refractivity contribution in [2.45, 2.75) is 6.92 Å². The zero-order chi connectivity index (χ0) is 7.11. The standard InChI is InChI=1S/C7H12N2/c1-4-6-7-8-9(3)5-2/h4-7H,2H2,1,3H3/b6-4+,8-7-. The van der Waals surface area contributed by atoms with Crippen molar-refractivity contribution in [3.8, 4) is 0 Å². The number of hydrogen-bond acceptors (Lipinski definition) is 2. The average molecular weight is 124 g/mol. The molecule has 0 saturated carbocycles. The van der Waals surface area contributed by atoms with Gasteiger partial charge in [-0.2, -0.15) is 5.10 Å². The fourth-order valence-electron chi connectivity index (χ4n) is 0.277. The van der Waals surface area contributed by atoms with Crippen LogP contribution in [0.1, 0.15) is 6.92 Å². The molecule has 9 heavy (non-hydrogen) atoms. The molecule has 0 unspecified atom stereocenters. The highest BCUT2D eigenvalue weighted by Gasteiger charge is 1.73. The Balaban J connectivity index is 3.55. The van der Waals surface area contributed by atoms with E-state index in [1.54, 1.807) is 17.4 Å². The van der Waals surface area contributed by atoms with Crippen LogP contribution in [0.4, 0.5) is 0 Å². The third kappa shape index (κ3) is 4.81. The largest absolute Gasteiger partial charge is 0.276 e. The Hall–Kier alpha value is -1.05. The Morgan fingerprint density at radius 2 is 2.22 bits per heavy atom. The van der Waals surface area contributed by atoms with Crippen LogP contribution in [0.2, 0.25) is 0 Å². The van der Waals surface area contributed by atoms with Crippen LogP contribution in [-0.2, 0) is 0 Å². The van der Waals surface area contributed by atoms with E-state index in [1.165, 1.54) is 0 Å². The van der Waals surface area contributed by atoms with E-state index >= 15 is 0 Å². The van der Waals surface area contributed by atoms with E-state index in [0.29, 0.717) is 0 Å². The molecule has 0 heterocycles. The number of allylic oxidation sites excluding steroid dienone is 2. The van der Waals surface area contributed by atoms with Gasteiger partial charge >= 0.3 is 0 Å². The predicted molar refractivity (Wildman–Crippen MR) is 41.3 cm³/mol. The van der Waals surface area contributed by atoms with Crippen LogP contribution in [-0.4, -0.2) is 18.3 Å². The van der Waals surface area contributed by atoms with Gasteiger partial charge in [0.2, 0.25) is 0 Å². The minimum atomic E-state index is 1.64. The highest BCUT2D eigenvalue weighted by atomic mass is 15.4. The molecule has 50 valence electrons. The van der Waals surface area contributed by atoms with Crippen LogP contribution in [0.5, 0.6) is 0 Å². The first-order valence-electron chi connectivity index (χ1n) is 2.82. The van der Waals surface area contributed by atoms with Crippen LogP contribution in [0.3, 0.4) is 0 Å². The van der Waals surface area contributed by atoms with E-state index in [4.69, 9.17) is 0 Å². The summed E-state index contributed by atoms with van der Waals surface area (Å²) in [6.07, 6.45) is 7.13. The van der Waals surface area contributed by atoms with Crippen molar-refractivity contribution in [2.24, 2.45) is 5.10 Å². The third-order valence-electron chi connectivity index (χ3n) is 0.792. The van der Waals surface area contributed by atoms with Crippen LogP contribution < -0.4 is 0 Å². The normalized spacial score (nSPS) is 10.9. The van der Waals surface area contributed by atoms with Gasteiger partial charge in [-0.15, -0.1) is 0 Å². The van der Waals surface area contributed by atoms with Gasteiger partial charge in [-0.25, -0.2) is 0 Å². The molecule has 2 nitrogen and oxygen atoms in total. The molecule has 0 aliphatic heterocycles. The van der Waals surface area contributed by atoms with E-state index in [0.717, 1.165) is 0 Å². The second-order valence-electron chi connectivity index (χ2n) is 1.55. The van der Waals surface area contributed by atoms with Crippen molar-refractivity contribution in [2.75, 3.05) is 7.05 Å². The molecule has 0 saturated heterocycles. The Morgan fingerprint density at radius 3 is 2.67 bits per heavy atom. The highest BCUT2D eigenvalue weighted by Crippen LogP contribution is 1.79. The first-order chi connectivity index (χ1) is 4.31. The molecule has 0 amide bonds. The quantitative estimate of drug-likeness (QED) is 0.412. The van der Waals surface area contributed by atoms with Gasteiger partial charge in [-0.05, 0) is 13.0 Å². The summed E-state index contributed by atoms with van der Waals surface area (Å²) in [5.41, 5.74) is 0. The maximum absolute atomic E-state index is 3.94. The lowest BCUT2D eigenvalue weighted by atomic mass is 10.6. The number of hydrazone groups is 1. The monoisotopic (exact) mass is 124 g/mol. The third-order valence-corrected chi connectivity index (χ3v) is 0.792. The van der Waals surface area contributed by atoms with Gasteiger partial charge in [0.15, 0.2) is 0 Å². The van der Waals surface area contributed by atoms with Crippen molar-refractivity contribution in [1.82, 2.24) is 5.01 Å². The predicted octanol–water partition coefficient (Wildman–Crippen LogP) is 1.62. The number of nitrogens with zero attached hydrogens (tertiary/aromatic N) is 2. The van der Waals surface area contributed by atoms with E-state index in [2.05, 4.69) is 11.7 Å². The Morgan fingerprint density at radius 1 is 1.56 bits per heavy atom. The summed E-state index contributed by atoms with van der Waals surface area (Å²) in [6.45, 7) is 5.47. The second-order valence-corrected chi connectivity index (χ2v) is 1.55. The van der Waals surface area contributed by atoms with Crippen LogP contribution >= 0.6 is 0 Å². The average Bonchev–Trinajstić information content (AvgIpc) is 1.89. The molecule has 0 radical (unpaired) electrons. The molecular formula is C7H12N2. The number of hydrogen-bond donors (Lipinski definition) is 0. The molecule has 0 atom stereocenters. The van der Waals surface area contributed by atoms with Gasteiger partial charge in [-0.1, -0.05) is 12.7 Å². The van der Waals surface area contributed by atoms with Gasteiger partial charge < -0.3 is 0 Å². The van der Waals surface area contributed by atoms with Gasteiger partial charge in [0, 0.05) is 19.5 Å². The molecular weight excluding hydrogens is 112 g/mol. The maximum atomic E-state index is 3.94. The van der Waals surface area contributed by atoms with Crippen LogP contribution in [0.25, 0.3) is 0 Å². The summed E-state index contributed by atoms with van der Waals surface area (Å²) in [5.74, 6) is 0. The Kier molecular flexibility index (Phi) is 4.50. The lowest BCUT2D eigenvalue weighted by molar-refractivity contribution is 0.495. The van der Waals surface area contributed by atoms with Gasteiger partial charge in [0.1, 0.15) is 0 Å².